The number of benzene rings is 1. The summed E-state index contributed by atoms with van der Waals surface area (Å²) in [4.78, 5) is 28.3. The molecule has 9 heteroatoms. The zero-order valence-electron chi connectivity index (χ0n) is 19.3. The molecule has 4 aromatic rings. The number of amides is 1. The van der Waals surface area contributed by atoms with Gasteiger partial charge in [-0.05, 0) is 55.0 Å². The van der Waals surface area contributed by atoms with Crippen LogP contribution in [0.5, 0.6) is 0 Å². The number of fused-ring (bicyclic) bond motifs is 3. The SMILES string of the molecule is Cc1cc2c(cn1)-c1cnc(NCc3c(F)ccc4c3CCC4)n3cnc(c13)C(=O)N(CCF)C2. The molecule has 0 bridgehead atoms. The number of anilines is 1. The second kappa shape index (κ2) is 8.41. The van der Waals surface area contributed by atoms with E-state index in [1.165, 1.54) is 22.9 Å². The van der Waals surface area contributed by atoms with Crippen LogP contribution in [0.2, 0.25) is 0 Å². The van der Waals surface area contributed by atoms with Crippen LogP contribution < -0.4 is 5.32 Å². The van der Waals surface area contributed by atoms with E-state index in [4.69, 9.17) is 0 Å². The molecule has 6 rings (SSSR count). The van der Waals surface area contributed by atoms with Gasteiger partial charge in [0, 0.05) is 54.4 Å². The number of alkyl halides is 1. The van der Waals surface area contributed by atoms with Gasteiger partial charge in [0.2, 0.25) is 5.95 Å². The van der Waals surface area contributed by atoms with Crippen LogP contribution in [-0.4, -0.2) is 43.4 Å². The maximum absolute atomic E-state index is 14.7. The number of carbonyl (C=O) groups excluding carboxylic acids is 1. The minimum atomic E-state index is -0.648. The molecule has 0 radical (unpaired) electrons. The van der Waals surface area contributed by atoms with E-state index in [9.17, 15) is 13.6 Å². The van der Waals surface area contributed by atoms with Crippen LogP contribution in [0.15, 0.2) is 36.9 Å². The fourth-order valence-corrected chi connectivity index (χ4v) is 5.27. The molecule has 0 spiro atoms. The molecule has 1 N–H and O–H groups in total. The third-order valence-corrected chi connectivity index (χ3v) is 6.96. The van der Waals surface area contributed by atoms with Crippen molar-refractivity contribution in [2.24, 2.45) is 0 Å². The molecule has 0 unspecified atom stereocenters. The lowest BCUT2D eigenvalue weighted by Gasteiger charge is -2.25. The highest BCUT2D eigenvalue weighted by atomic mass is 19.1. The summed E-state index contributed by atoms with van der Waals surface area (Å²) >= 11 is 0. The fourth-order valence-electron chi connectivity index (χ4n) is 5.27. The third kappa shape index (κ3) is 3.53. The first kappa shape index (κ1) is 21.6. The van der Waals surface area contributed by atoms with Gasteiger partial charge in [-0.25, -0.2) is 18.7 Å². The number of carbonyl (C=O) groups is 1. The number of nitrogens with zero attached hydrogens (tertiary/aromatic N) is 5. The van der Waals surface area contributed by atoms with E-state index in [1.54, 1.807) is 16.8 Å². The van der Waals surface area contributed by atoms with Crippen LogP contribution in [0.3, 0.4) is 0 Å². The molecule has 0 saturated heterocycles. The highest BCUT2D eigenvalue weighted by Crippen LogP contribution is 2.34. The first-order valence-electron chi connectivity index (χ1n) is 11.8. The van der Waals surface area contributed by atoms with Gasteiger partial charge >= 0.3 is 0 Å². The summed E-state index contributed by atoms with van der Waals surface area (Å²) in [5, 5.41) is 3.25. The molecule has 0 atom stereocenters. The molecule has 1 amide bonds. The smallest absolute Gasteiger partial charge is 0.275 e. The van der Waals surface area contributed by atoms with E-state index < -0.39 is 6.67 Å². The van der Waals surface area contributed by atoms with Crippen molar-refractivity contribution in [3.05, 3.63) is 76.4 Å². The van der Waals surface area contributed by atoms with Gasteiger partial charge < -0.3 is 10.2 Å². The fraction of sp³-hybridized carbons (Fsp3) is 0.308. The molecule has 0 fully saturated rings. The zero-order chi connectivity index (χ0) is 24.1. The van der Waals surface area contributed by atoms with E-state index in [1.807, 2.05) is 19.1 Å². The molecule has 1 aromatic carbocycles. The van der Waals surface area contributed by atoms with Crippen molar-refractivity contribution >= 4 is 17.4 Å². The number of aryl methyl sites for hydroxylation is 2. The number of hydrogen-bond donors (Lipinski definition) is 1. The number of rotatable bonds is 5. The monoisotopic (exact) mass is 474 g/mol. The van der Waals surface area contributed by atoms with Gasteiger partial charge in [-0.2, -0.15) is 0 Å². The van der Waals surface area contributed by atoms with Crippen LogP contribution in [0, 0.1) is 12.7 Å². The number of aromatic nitrogens is 4. The summed E-state index contributed by atoms with van der Waals surface area (Å²) in [5.74, 6) is -0.126. The molecule has 178 valence electrons. The summed E-state index contributed by atoms with van der Waals surface area (Å²) in [5.41, 5.74) is 6.95. The largest absolute Gasteiger partial charge is 0.351 e. The lowest BCUT2D eigenvalue weighted by Crippen LogP contribution is -2.34. The predicted molar refractivity (Wildman–Crippen MR) is 127 cm³/mol. The molecule has 7 nitrogen and oxygen atoms in total. The Morgan fingerprint density at radius 1 is 1.09 bits per heavy atom. The molecular weight excluding hydrogens is 450 g/mol. The van der Waals surface area contributed by atoms with Gasteiger partial charge in [0.05, 0.1) is 5.52 Å². The Labute approximate surface area is 200 Å². The first-order chi connectivity index (χ1) is 17.0. The average molecular weight is 475 g/mol. The van der Waals surface area contributed by atoms with Gasteiger partial charge in [0.25, 0.3) is 5.91 Å². The lowest BCUT2D eigenvalue weighted by atomic mass is 9.98. The second-order valence-corrected chi connectivity index (χ2v) is 9.08. The molecule has 2 aliphatic rings. The number of hydrogen-bond acceptors (Lipinski definition) is 5. The van der Waals surface area contributed by atoms with E-state index in [0.29, 0.717) is 17.0 Å². The number of halogens is 2. The predicted octanol–water partition coefficient (Wildman–Crippen LogP) is 4.26. The third-order valence-electron chi connectivity index (χ3n) is 6.96. The Morgan fingerprint density at radius 2 is 1.94 bits per heavy atom. The highest BCUT2D eigenvalue weighted by molar-refractivity contribution is 6.04. The Hall–Kier alpha value is -3.88. The minimum Gasteiger partial charge on any atom is -0.351 e. The van der Waals surface area contributed by atoms with Gasteiger partial charge in [-0.1, -0.05) is 6.07 Å². The van der Waals surface area contributed by atoms with Crippen molar-refractivity contribution in [2.75, 3.05) is 18.5 Å². The Morgan fingerprint density at radius 3 is 2.80 bits per heavy atom. The van der Waals surface area contributed by atoms with E-state index in [2.05, 4.69) is 20.3 Å². The standard InChI is InChI=1S/C26H24F2N6O/c1-15-9-17-13-33(8-7-27)25(35)23-24-21(19(17)10-29-15)12-31-26(34(24)14-32-23)30-11-20-18-4-2-3-16(18)5-6-22(20)28/h5-6,9-10,12,14H,2-4,7-8,11,13H2,1H3,(H,30,31). The summed E-state index contributed by atoms with van der Waals surface area (Å²) in [6, 6.07) is 5.31. The van der Waals surface area contributed by atoms with E-state index >= 15 is 0 Å². The maximum Gasteiger partial charge on any atom is 0.275 e. The Kier molecular flexibility index (Phi) is 5.20. The Bertz CT molecular complexity index is 1480. The minimum absolute atomic E-state index is 0.0252. The number of pyridine rings is 1. The average Bonchev–Trinajstić information content (AvgIpc) is 3.50. The Balaban J connectivity index is 1.46. The van der Waals surface area contributed by atoms with E-state index in [-0.39, 0.29) is 37.1 Å². The summed E-state index contributed by atoms with van der Waals surface area (Å²) < 4.78 is 29.7. The molecule has 4 heterocycles. The highest BCUT2D eigenvalue weighted by Gasteiger charge is 2.29. The molecule has 3 aromatic heterocycles. The van der Waals surface area contributed by atoms with Crippen LogP contribution in [0.4, 0.5) is 14.7 Å². The van der Waals surface area contributed by atoms with Crippen LogP contribution >= 0.6 is 0 Å². The van der Waals surface area contributed by atoms with E-state index in [0.717, 1.165) is 47.2 Å². The van der Waals surface area contributed by atoms with Crippen molar-refractivity contribution in [1.29, 1.82) is 0 Å². The topological polar surface area (TPSA) is 75.4 Å². The van der Waals surface area contributed by atoms with Crippen LogP contribution in [0.1, 0.15) is 44.9 Å². The first-order valence-corrected chi connectivity index (χ1v) is 11.8. The van der Waals surface area contributed by atoms with Gasteiger partial charge in [0.1, 0.15) is 18.8 Å². The van der Waals surface area contributed by atoms with Crippen LogP contribution in [-0.2, 0) is 25.9 Å². The summed E-state index contributed by atoms with van der Waals surface area (Å²) in [6.07, 6.45) is 7.85. The molecule has 35 heavy (non-hydrogen) atoms. The van der Waals surface area contributed by atoms with Gasteiger partial charge in [-0.15, -0.1) is 0 Å². The van der Waals surface area contributed by atoms with Crippen molar-refractivity contribution < 1.29 is 13.6 Å². The van der Waals surface area contributed by atoms with Gasteiger partial charge in [0.15, 0.2) is 5.69 Å². The van der Waals surface area contributed by atoms with Crippen molar-refractivity contribution in [3.8, 4) is 11.1 Å². The van der Waals surface area contributed by atoms with Crippen molar-refractivity contribution in [3.63, 3.8) is 0 Å². The normalized spacial score (nSPS) is 14.6. The second-order valence-electron chi connectivity index (χ2n) is 9.08. The maximum atomic E-state index is 14.7. The van der Waals surface area contributed by atoms with Gasteiger partial charge in [-0.3, -0.25) is 14.2 Å². The molecule has 0 saturated carbocycles. The lowest BCUT2D eigenvalue weighted by molar-refractivity contribution is 0.0728. The quantitative estimate of drug-likeness (QED) is 0.468. The molecular formula is C26H24F2N6O. The summed E-state index contributed by atoms with van der Waals surface area (Å²) in [6.45, 7) is 1.74. The molecule has 1 aliphatic heterocycles. The van der Waals surface area contributed by atoms with Crippen molar-refractivity contribution in [1.82, 2.24) is 24.3 Å². The van der Waals surface area contributed by atoms with Crippen LogP contribution in [0.25, 0.3) is 16.6 Å². The number of imidazole rings is 1. The zero-order valence-corrected chi connectivity index (χ0v) is 19.3. The summed E-state index contributed by atoms with van der Waals surface area (Å²) in [7, 11) is 0. The van der Waals surface area contributed by atoms with Crippen molar-refractivity contribution in [2.45, 2.75) is 39.3 Å². The number of nitrogens with one attached hydrogen (secondary N) is 1. The molecule has 1 aliphatic carbocycles.